The molecule has 0 bridgehead atoms. The monoisotopic (exact) mass is 356 g/mol. The van der Waals surface area contributed by atoms with Crippen LogP contribution in [0.4, 0.5) is 5.82 Å². The smallest absolute Gasteiger partial charge is 0.223 e. The summed E-state index contributed by atoms with van der Waals surface area (Å²) in [6, 6.07) is 3.98. The van der Waals surface area contributed by atoms with Crippen molar-refractivity contribution in [1.29, 1.82) is 0 Å². The van der Waals surface area contributed by atoms with Crippen molar-refractivity contribution in [2.24, 2.45) is 11.8 Å². The third kappa shape index (κ3) is 3.27. The molecule has 0 unspecified atom stereocenters. The minimum absolute atomic E-state index is 0.104. The number of fused-ring (bicyclic) bond motifs is 1. The van der Waals surface area contributed by atoms with Gasteiger partial charge >= 0.3 is 0 Å². The number of hydrogen-bond donors (Lipinski definition) is 1. The Morgan fingerprint density at radius 3 is 2.62 bits per heavy atom. The zero-order valence-corrected chi connectivity index (χ0v) is 15.9. The van der Waals surface area contributed by atoms with E-state index >= 15 is 0 Å². The highest BCUT2D eigenvalue weighted by Gasteiger charge is 2.30. The van der Waals surface area contributed by atoms with Gasteiger partial charge in [-0.15, -0.1) is 15.3 Å². The van der Waals surface area contributed by atoms with Gasteiger partial charge in [-0.2, -0.15) is 4.52 Å². The Morgan fingerprint density at radius 2 is 1.92 bits per heavy atom. The lowest BCUT2D eigenvalue weighted by Gasteiger charge is -2.40. The van der Waals surface area contributed by atoms with Crippen LogP contribution >= 0.6 is 0 Å². The molecule has 2 aliphatic rings. The normalized spacial score (nSPS) is 19.1. The molecule has 1 aliphatic carbocycles. The molecule has 140 valence electrons. The van der Waals surface area contributed by atoms with Crippen molar-refractivity contribution in [3.63, 3.8) is 0 Å². The van der Waals surface area contributed by atoms with Crippen LogP contribution in [0.2, 0.25) is 0 Å². The van der Waals surface area contributed by atoms with Crippen molar-refractivity contribution in [2.45, 2.75) is 51.9 Å². The van der Waals surface area contributed by atoms with Crippen molar-refractivity contribution >= 4 is 17.4 Å². The van der Waals surface area contributed by atoms with Gasteiger partial charge in [0.05, 0.1) is 0 Å². The molecule has 0 atom stereocenters. The summed E-state index contributed by atoms with van der Waals surface area (Å²) in [5.41, 5.74) is 0.673. The Morgan fingerprint density at radius 1 is 1.19 bits per heavy atom. The van der Waals surface area contributed by atoms with E-state index in [4.69, 9.17) is 5.10 Å². The lowest BCUT2D eigenvalue weighted by Crippen LogP contribution is -2.52. The molecule has 2 aromatic rings. The first-order valence-corrected chi connectivity index (χ1v) is 9.67. The van der Waals surface area contributed by atoms with Crippen LogP contribution in [-0.2, 0) is 10.2 Å². The van der Waals surface area contributed by atoms with Crippen molar-refractivity contribution in [3.05, 3.63) is 18.0 Å². The molecular formula is C19H28N6O. The minimum Gasteiger partial charge on any atom is -0.355 e. The van der Waals surface area contributed by atoms with E-state index in [2.05, 4.69) is 41.2 Å². The van der Waals surface area contributed by atoms with Gasteiger partial charge in [-0.3, -0.25) is 4.79 Å². The Labute approximate surface area is 154 Å². The molecule has 7 heteroatoms. The maximum absolute atomic E-state index is 12.1. The summed E-state index contributed by atoms with van der Waals surface area (Å²) in [4.78, 5) is 14.4. The number of nitrogens with one attached hydrogen (secondary N) is 1. The quantitative estimate of drug-likeness (QED) is 0.909. The van der Waals surface area contributed by atoms with Crippen LogP contribution in [0.5, 0.6) is 0 Å². The molecule has 2 fully saturated rings. The molecule has 7 nitrogen and oxygen atoms in total. The summed E-state index contributed by atoms with van der Waals surface area (Å²) in [7, 11) is 0. The number of amides is 1. The summed E-state index contributed by atoms with van der Waals surface area (Å²) in [5.74, 6) is 2.82. The van der Waals surface area contributed by atoms with Crippen LogP contribution in [0.1, 0.15) is 52.3 Å². The molecule has 0 spiro atoms. The van der Waals surface area contributed by atoms with Crippen LogP contribution in [0.25, 0.3) is 5.65 Å². The molecule has 2 aromatic heterocycles. The molecule has 1 saturated heterocycles. The molecule has 1 saturated carbocycles. The summed E-state index contributed by atoms with van der Waals surface area (Å²) >= 11 is 0. The van der Waals surface area contributed by atoms with E-state index in [0.717, 1.165) is 49.8 Å². The van der Waals surface area contributed by atoms with E-state index in [0.29, 0.717) is 5.92 Å². The van der Waals surface area contributed by atoms with Gasteiger partial charge in [-0.1, -0.05) is 33.6 Å². The predicted molar refractivity (Wildman–Crippen MR) is 100 cm³/mol. The fourth-order valence-corrected chi connectivity index (χ4v) is 3.88. The second-order valence-electron chi connectivity index (χ2n) is 8.73. The Balaban J connectivity index is 1.35. The number of nitrogens with zero attached hydrogens (tertiary/aromatic N) is 5. The standard InChI is InChI=1S/C19H28N6O/c1-19(2,3)18-22-21-15-8-9-16(23-25(15)18)24-11-13(12-24)10-20-17(26)14-6-4-5-7-14/h8-9,13-14H,4-7,10-12H2,1-3H3,(H,20,26). The van der Waals surface area contributed by atoms with Gasteiger partial charge in [0, 0.05) is 36.9 Å². The Kier molecular flexibility index (Phi) is 4.32. The third-order valence-corrected chi connectivity index (χ3v) is 5.49. The molecule has 0 aromatic carbocycles. The van der Waals surface area contributed by atoms with Gasteiger partial charge in [0.2, 0.25) is 5.91 Å². The highest BCUT2D eigenvalue weighted by Crippen LogP contribution is 2.26. The first kappa shape index (κ1) is 17.2. The van der Waals surface area contributed by atoms with Crippen molar-refractivity contribution in [2.75, 3.05) is 24.5 Å². The largest absolute Gasteiger partial charge is 0.355 e. The van der Waals surface area contributed by atoms with Crippen LogP contribution in [0, 0.1) is 11.8 Å². The number of rotatable bonds is 4. The topological polar surface area (TPSA) is 75.4 Å². The molecule has 4 rings (SSSR count). The van der Waals surface area contributed by atoms with Crippen LogP contribution in [0.3, 0.4) is 0 Å². The van der Waals surface area contributed by atoms with Gasteiger partial charge in [-0.05, 0) is 25.0 Å². The minimum atomic E-state index is -0.104. The van der Waals surface area contributed by atoms with Crippen LogP contribution < -0.4 is 10.2 Å². The van der Waals surface area contributed by atoms with Gasteiger partial charge in [-0.25, -0.2) is 0 Å². The number of anilines is 1. The zero-order valence-electron chi connectivity index (χ0n) is 15.9. The maximum Gasteiger partial charge on any atom is 0.223 e. The number of carbonyl (C=O) groups is 1. The average Bonchev–Trinajstić information content (AvgIpc) is 3.21. The summed E-state index contributed by atoms with van der Waals surface area (Å²) < 4.78 is 1.85. The molecule has 0 radical (unpaired) electrons. The van der Waals surface area contributed by atoms with E-state index in [1.165, 1.54) is 12.8 Å². The molecule has 1 aliphatic heterocycles. The number of hydrogen-bond acceptors (Lipinski definition) is 5. The van der Waals surface area contributed by atoms with Gasteiger partial charge in [0.25, 0.3) is 0 Å². The lowest BCUT2D eigenvalue weighted by atomic mass is 9.96. The summed E-state index contributed by atoms with van der Waals surface area (Å²) in [6.45, 7) is 8.97. The molecule has 1 N–H and O–H groups in total. The first-order chi connectivity index (χ1) is 12.4. The van der Waals surface area contributed by atoms with E-state index in [1.807, 2.05) is 16.6 Å². The van der Waals surface area contributed by atoms with Crippen LogP contribution in [0.15, 0.2) is 12.1 Å². The zero-order chi connectivity index (χ0) is 18.3. The third-order valence-electron chi connectivity index (χ3n) is 5.49. The van der Waals surface area contributed by atoms with E-state index in [9.17, 15) is 4.79 Å². The predicted octanol–water partition coefficient (Wildman–Crippen LogP) is 2.16. The maximum atomic E-state index is 12.1. The second kappa shape index (κ2) is 6.52. The summed E-state index contributed by atoms with van der Waals surface area (Å²) in [6.07, 6.45) is 4.51. The fourth-order valence-electron chi connectivity index (χ4n) is 3.88. The fraction of sp³-hybridized carbons (Fsp3) is 0.684. The van der Waals surface area contributed by atoms with Crippen molar-refractivity contribution in [3.8, 4) is 0 Å². The summed E-state index contributed by atoms with van der Waals surface area (Å²) in [5, 5.41) is 16.4. The Bertz CT molecular complexity index is 796. The lowest BCUT2D eigenvalue weighted by molar-refractivity contribution is -0.125. The van der Waals surface area contributed by atoms with Gasteiger partial charge in [0.1, 0.15) is 5.82 Å². The SMILES string of the molecule is CC(C)(C)c1nnc2ccc(N3CC(CNC(=O)C4CCCC4)C3)nn12. The van der Waals surface area contributed by atoms with Crippen LogP contribution in [-0.4, -0.2) is 45.4 Å². The molecule has 1 amide bonds. The molecular weight excluding hydrogens is 328 g/mol. The molecule has 26 heavy (non-hydrogen) atoms. The van der Waals surface area contributed by atoms with E-state index in [-0.39, 0.29) is 17.2 Å². The Hall–Kier alpha value is -2.18. The van der Waals surface area contributed by atoms with Gasteiger partial charge in [0.15, 0.2) is 11.5 Å². The van der Waals surface area contributed by atoms with Crippen molar-refractivity contribution in [1.82, 2.24) is 25.1 Å². The number of carbonyl (C=O) groups excluding carboxylic acids is 1. The highest BCUT2D eigenvalue weighted by atomic mass is 16.1. The van der Waals surface area contributed by atoms with E-state index < -0.39 is 0 Å². The highest BCUT2D eigenvalue weighted by molar-refractivity contribution is 5.78. The first-order valence-electron chi connectivity index (χ1n) is 9.67. The van der Waals surface area contributed by atoms with E-state index in [1.54, 1.807) is 0 Å². The van der Waals surface area contributed by atoms with Crippen molar-refractivity contribution < 1.29 is 4.79 Å². The second-order valence-corrected chi connectivity index (χ2v) is 8.73. The average molecular weight is 356 g/mol. The molecule has 3 heterocycles. The van der Waals surface area contributed by atoms with Gasteiger partial charge < -0.3 is 10.2 Å². The number of aromatic nitrogens is 4.